The van der Waals surface area contributed by atoms with E-state index in [0.29, 0.717) is 0 Å². The quantitative estimate of drug-likeness (QED) is 0.134. The Kier molecular flexibility index (Phi) is 16.9. The largest absolute Gasteiger partial charge is 1.00 e. The van der Waals surface area contributed by atoms with Gasteiger partial charge >= 0.3 is 109 Å². The Morgan fingerprint density at radius 2 is 1.89 bits per heavy atom. The maximum atomic E-state index is 11.8. The Morgan fingerprint density at radius 1 is 1.26 bits per heavy atom. The summed E-state index contributed by atoms with van der Waals surface area (Å²) < 4.78 is 20.9. The van der Waals surface area contributed by atoms with Gasteiger partial charge in [-0.3, -0.25) is 9.36 Å². The van der Waals surface area contributed by atoms with E-state index in [1.165, 1.54) is 6.07 Å². The van der Waals surface area contributed by atoms with Crippen molar-refractivity contribution in [2.75, 3.05) is 13.2 Å². The van der Waals surface area contributed by atoms with Crippen molar-refractivity contribution in [3.05, 3.63) is 23.8 Å². The van der Waals surface area contributed by atoms with Crippen LogP contribution >= 0.6 is 7.75 Å². The summed E-state index contributed by atoms with van der Waals surface area (Å²) in [5.41, 5.74) is 0.239. The second-order valence-corrected chi connectivity index (χ2v) is 6.42. The van der Waals surface area contributed by atoms with Crippen molar-refractivity contribution < 1.29 is 146 Å². The Morgan fingerprint density at radius 3 is 2.41 bits per heavy atom. The van der Waals surface area contributed by atoms with E-state index in [1.807, 2.05) is 0 Å². The molecular weight excluding hydrogens is 435 g/mol. The molecule has 0 aromatic heterocycles. The Balaban J connectivity index is 0. The van der Waals surface area contributed by atoms with Crippen molar-refractivity contribution in [2.24, 2.45) is 0 Å². The summed E-state index contributed by atoms with van der Waals surface area (Å²) in [5.74, 6) is -3.25. The van der Waals surface area contributed by atoms with Crippen LogP contribution in [0, 0.1) is 0 Å². The van der Waals surface area contributed by atoms with Crippen LogP contribution < -0.4 is 118 Å². The molecule has 1 unspecified atom stereocenters. The molecule has 0 radical (unpaired) electrons. The van der Waals surface area contributed by atoms with Gasteiger partial charge in [-0.25, -0.2) is 5.09 Å². The van der Waals surface area contributed by atoms with Crippen LogP contribution in [0.2, 0.25) is 0 Å². The Bertz CT molecular complexity index is 674. The van der Waals surface area contributed by atoms with Gasteiger partial charge in [-0.1, -0.05) is 6.07 Å². The van der Waals surface area contributed by atoms with E-state index in [2.05, 4.69) is 9.26 Å². The number of phenolic OH excluding ortho intramolecular Hbond substituents is 2. The molecule has 0 aliphatic carbocycles. The number of carbonyl (C=O) groups excluding carboxylic acids is 2. The number of aliphatic carboxylic acids is 1. The number of ether oxygens (including phenoxy) is 1. The first-order chi connectivity index (χ1) is 11.6. The number of carbonyl (C=O) groups is 2. The van der Waals surface area contributed by atoms with E-state index >= 15 is 0 Å². The zero-order chi connectivity index (χ0) is 19.0. The van der Waals surface area contributed by atoms with E-state index in [-0.39, 0.29) is 128 Å². The molecular formula is C14H18K2NO9P. The summed E-state index contributed by atoms with van der Waals surface area (Å²) in [7, 11) is -4.78. The first kappa shape index (κ1) is 30.3. The predicted molar refractivity (Wildman–Crippen MR) is 80.2 cm³/mol. The van der Waals surface area contributed by atoms with Gasteiger partial charge in [0.1, 0.15) is 0 Å². The normalized spacial score (nSPS) is 13.4. The number of nitrogens with one attached hydrogen (secondary N) is 1. The van der Waals surface area contributed by atoms with Crippen LogP contribution in [-0.4, -0.2) is 41.4 Å². The van der Waals surface area contributed by atoms with Crippen LogP contribution in [0.3, 0.4) is 0 Å². The molecule has 0 heterocycles. The molecule has 27 heavy (non-hydrogen) atoms. The number of rotatable bonds is 10. The van der Waals surface area contributed by atoms with Crippen molar-refractivity contribution in [3.63, 3.8) is 0 Å². The van der Waals surface area contributed by atoms with Crippen molar-refractivity contribution in [2.45, 2.75) is 25.8 Å². The Labute approximate surface area is 241 Å². The van der Waals surface area contributed by atoms with E-state index in [1.54, 1.807) is 12.0 Å². The average molecular weight is 453 g/mol. The average Bonchev–Trinajstić information content (AvgIpc) is 2.50. The van der Waals surface area contributed by atoms with Crippen LogP contribution in [0.15, 0.2) is 18.2 Å². The second kappa shape index (κ2) is 15.0. The van der Waals surface area contributed by atoms with E-state index in [9.17, 15) is 34.4 Å². The van der Waals surface area contributed by atoms with E-state index in [0.717, 1.165) is 12.1 Å². The smallest absolute Gasteiger partial charge is 0.766 e. The third kappa shape index (κ3) is 12.4. The van der Waals surface area contributed by atoms with Gasteiger partial charge < -0.3 is 34.3 Å². The standard InChI is InChI=1S/C14H20NO9P.2K/c1-2-23-13(18)5-6-24-25(21,22)15-10(14(19)20)7-9-3-4-11(16)12(17)8-9;;/h3-4,8,10,16-17H,2,5-7H2,1H3,(H,19,20)(H2,15,21,22);;/q;2*+1/p-2/t10-;;/m0../s1. The number of hydrogen-bond donors (Lipinski definition) is 3. The molecule has 13 heteroatoms. The van der Waals surface area contributed by atoms with Crippen molar-refractivity contribution in [3.8, 4) is 11.5 Å². The summed E-state index contributed by atoms with van der Waals surface area (Å²) in [5, 5.41) is 31.5. The van der Waals surface area contributed by atoms with Gasteiger partial charge in [0.25, 0.3) is 0 Å². The van der Waals surface area contributed by atoms with Gasteiger partial charge in [0.05, 0.1) is 31.6 Å². The molecule has 0 aliphatic heterocycles. The van der Waals surface area contributed by atoms with E-state index < -0.39 is 43.8 Å². The fourth-order valence-corrected chi connectivity index (χ4v) is 2.81. The van der Waals surface area contributed by atoms with Crippen molar-refractivity contribution in [1.29, 1.82) is 0 Å². The van der Waals surface area contributed by atoms with Crippen molar-refractivity contribution >= 4 is 19.7 Å². The summed E-state index contributed by atoms with van der Waals surface area (Å²) in [6.07, 6.45) is -0.673. The van der Waals surface area contributed by atoms with Gasteiger partial charge in [0.2, 0.25) is 7.75 Å². The fourth-order valence-electron chi connectivity index (χ4n) is 1.82. The summed E-state index contributed by atoms with van der Waals surface area (Å²) in [6.45, 7) is 1.22. The third-order valence-electron chi connectivity index (χ3n) is 2.95. The van der Waals surface area contributed by atoms with Crippen LogP contribution in [0.5, 0.6) is 11.5 Å². The number of carboxylic acid groups (broad SMARTS) is 1. The molecule has 1 aromatic carbocycles. The second-order valence-electron chi connectivity index (χ2n) is 4.91. The van der Waals surface area contributed by atoms with Gasteiger partial charge in [0, 0.05) is 0 Å². The molecule has 10 nitrogen and oxygen atoms in total. The SMILES string of the molecule is CCOC(=O)CCOP(=O)([O-])N[C@@H](Cc1ccc(O)c(O)c1)C(=O)[O-].[K+].[K+]. The topological polar surface area (TPSA) is 168 Å². The molecule has 1 aromatic rings. The minimum atomic E-state index is -4.78. The maximum Gasteiger partial charge on any atom is 1.00 e. The molecule has 2 atom stereocenters. The monoisotopic (exact) mass is 453 g/mol. The van der Waals surface area contributed by atoms with Crippen LogP contribution in [0.25, 0.3) is 0 Å². The summed E-state index contributed by atoms with van der Waals surface area (Å²) in [6, 6.07) is 1.85. The molecule has 3 N–H and O–H groups in total. The van der Waals surface area contributed by atoms with Crippen LogP contribution in [0.1, 0.15) is 18.9 Å². The van der Waals surface area contributed by atoms with Gasteiger partial charge in [0.15, 0.2) is 11.5 Å². The number of hydrogen-bond acceptors (Lipinski definition) is 9. The molecule has 0 spiro atoms. The molecule has 0 bridgehead atoms. The first-order valence-corrected chi connectivity index (χ1v) is 8.79. The first-order valence-electron chi connectivity index (χ1n) is 7.25. The molecule has 0 fully saturated rings. The molecule has 1 rings (SSSR count). The maximum absolute atomic E-state index is 11.8. The molecule has 0 saturated carbocycles. The van der Waals surface area contributed by atoms with Crippen LogP contribution in [0.4, 0.5) is 0 Å². The summed E-state index contributed by atoms with van der Waals surface area (Å²) >= 11 is 0. The minimum absolute atomic E-state index is 0. The van der Waals surface area contributed by atoms with Crippen molar-refractivity contribution in [1.82, 2.24) is 5.09 Å². The molecule has 140 valence electrons. The zero-order valence-corrected chi connectivity index (χ0v) is 22.5. The van der Waals surface area contributed by atoms with E-state index in [4.69, 9.17) is 0 Å². The summed E-state index contributed by atoms with van der Waals surface area (Å²) in [4.78, 5) is 34.0. The molecule has 0 aliphatic rings. The van der Waals surface area contributed by atoms with Gasteiger partial charge in [-0.2, -0.15) is 0 Å². The van der Waals surface area contributed by atoms with Gasteiger partial charge in [-0.15, -0.1) is 0 Å². The zero-order valence-electron chi connectivity index (χ0n) is 15.3. The minimum Gasteiger partial charge on any atom is -0.766 e. The third-order valence-corrected chi connectivity index (χ3v) is 4.10. The number of benzene rings is 1. The number of phenols is 2. The number of carboxylic acids is 1. The molecule has 0 amide bonds. The number of aromatic hydroxyl groups is 2. The number of esters is 1. The Hall–Kier alpha value is 1.14. The fraction of sp³-hybridized carbons (Fsp3) is 0.429. The molecule has 0 saturated heterocycles. The predicted octanol–water partition coefficient (Wildman–Crippen LogP) is -7.21. The van der Waals surface area contributed by atoms with Gasteiger partial charge in [-0.05, 0) is 31.0 Å². The van der Waals surface area contributed by atoms with Crippen LogP contribution in [-0.2, 0) is 29.8 Å².